The summed E-state index contributed by atoms with van der Waals surface area (Å²) in [7, 11) is -1.02. The van der Waals surface area contributed by atoms with Crippen LogP contribution < -0.4 is 5.32 Å². The molecule has 0 saturated carbocycles. The highest BCUT2D eigenvalue weighted by molar-refractivity contribution is 7.89. The van der Waals surface area contributed by atoms with Gasteiger partial charge in [0.05, 0.1) is 5.75 Å². The van der Waals surface area contributed by atoms with Crippen molar-refractivity contribution in [3.63, 3.8) is 0 Å². The third kappa shape index (κ3) is 5.02. The van der Waals surface area contributed by atoms with Gasteiger partial charge in [-0.1, -0.05) is 6.92 Å². The van der Waals surface area contributed by atoms with Crippen LogP contribution in [0.2, 0.25) is 0 Å². The monoisotopic (exact) mass is 291 g/mol. The molecule has 0 spiro atoms. The Morgan fingerprint density at radius 1 is 1.16 bits per heavy atom. The van der Waals surface area contributed by atoms with Crippen LogP contribution in [0.5, 0.6) is 0 Å². The van der Waals surface area contributed by atoms with Crippen LogP contribution in [0.3, 0.4) is 0 Å². The van der Waals surface area contributed by atoms with Gasteiger partial charge in [0.15, 0.2) is 0 Å². The number of nitrogens with one attached hydrogen (secondary N) is 1. The first kappa shape index (κ1) is 16.9. The molecule has 114 valence electrons. The average Bonchev–Trinajstić information content (AvgIpc) is 2.35. The Morgan fingerprint density at radius 3 is 2.26 bits per heavy atom. The van der Waals surface area contributed by atoms with Gasteiger partial charge in [-0.15, -0.1) is 0 Å². The number of rotatable bonds is 7. The van der Waals surface area contributed by atoms with E-state index >= 15 is 0 Å². The molecule has 0 bridgehead atoms. The highest BCUT2D eigenvalue weighted by Crippen LogP contribution is 2.17. The van der Waals surface area contributed by atoms with Gasteiger partial charge < -0.3 is 5.32 Å². The molecule has 6 heteroatoms. The Morgan fingerprint density at radius 2 is 1.74 bits per heavy atom. The molecule has 0 aliphatic carbocycles. The van der Waals surface area contributed by atoms with Crippen molar-refractivity contribution in [3.8, 4) is 0 Å². The summed E-state index contributed by atoms with van der Waals surface area (Å²) in [5.74, 6) is 0.279. The summed E-state index contributed by atoms with van der Waals surface area (Å²) in [6.45, 7) is 9.32. The van der Waals surface area contributed by atoms with E-state index in [9.17, 15) is 8.42 Å². The minimum absolute atomic E-state index is 0.279. The maximum atomic E-state index is 12.3. The molecule has 19 heavy (non-hydrogen) atoms. The first-order chi connectivity index (χ1) is 8.88. The van der Waals surface area contributed by atoms with E-state index in [2.05, 4.69) is 38.0 Å². The third-order valence-electron chi connectivity index (χ3n) is 3.98. The lowest BCUT2D eigenvalue weighted by Gasteiger charge is -2.41. The maximum Gasteiger partial charge on any atom is 0.214 e. The van der Waals surface area contributed by atoms with Crippen LogP contribution in [0.15, 0.2) is 0 Å². The van der Waals surface area contributed by atoms with Crippen LogP contribution in [0, 0.1) is 0 Å². The van der Waals surface area contributed by atoms with Crippen molar-refractivity contribution in [1.82, 2.24) is 14.5 Å². The molecule has 1 aliphatic heterocycles. The van der Waals surface area contributed by atoms with E-state index in [1.165, 1.54) is 0 Å². The molecular formula is C13H29N3O2S. The SMILES string of the molecule is CCNCCCCS(=O)(=O)N1CC(C)N(C)C(C)C1. The minimum Gasteiger partial charge on any atom is -0.317 e. The molecule has 2 unspecified atom stereocenters. The summed E-state index contributed by atoms with van der Waals surface area (Å²) < 4.78 is 26.3. The molecule has 1 fully saturated rings. The lowest BCUT2D eigenvalue weighted by atomic mass is 10.1. The Labute approximate surface area is 118 Å². The second kappa shape index (κ2) is 7.57. The standard InChI is InChI=1S/C13H29N3O2S/c1-5-14-8-6-7-9-19(17,18)16-10-12(2)15(4)13(3)11-16/h12-14H,5-11H2,1-4H3. The number of piperazine rings is 1. The Kier molecular flexibility index (Phi) is 6.73. The average molecular weight is 291 g/mol. The smallest absolute Gasteiger partial charge is 0.214 e. The van der Waals surface area contributed by atoms with Gasteiger partial charge in [-0.2, -0.15) is 4.31 Å². The largest absolute Gasteiger partial charge is 0.317 e. The maximum absolute atomic E-state index is 12.3. The molecule has 2 atom stereocenters. The predicted octanol–water partition coefficient (Wildman–Crippen LogP) is 0.730. The van der Waals surface area contributed by atoms with Gasteiger partial charge in [0.2, 0.25) is 10.0 Å². The molecule has 0 radical (unpaired) electrons. The van der Waals surface area contributed by atoms with Crippen LogP contribution in [-0.2, 0) is 10.0 Å². The topological polar surface area (TPSA) is 52.7 Å². The molecule has 5 nitrogen and oxygen atoms in total. The molecule has 1 heterocycles. The van der Waals surface area contributed by atoms with Gasteiger partial charge in [0, 0.05) is 25.2 Å². The molecule has 0 aromatic heterocycles. The Balaban J connectivity index is 2.44. The van der Waals surface area contributed by atoms with Gasteiger partial charge >= 0.3 is 0 Å². The zero-order chi connectivity index (χ0) is 14.5. The quantitative estimate of drug-likeness (QED) is 0.703. The van der Waals surface area contributed by atoms with Crippen molar-refractivity contribution in [3.05, 3.63) is 0 Å². The van der Waals surface area contributed by atoms with Crippen molar-refractivity contribution in [2.24, 2.45) is 0 Å². The summed E-state index contributed by atoms with van der Waals surface area (Å²) in [6.07, 6.45) is 1.66. The summed E-state index contributed by atoms with van der Waals surface area (Å²) >= 11 is 0. The number of hydrogen-bond donors (Lipinski definition) is 1. The molecule has 1 rings (SSSR count). The second-order valence-electron chi connectivity index (χ2n) is 5.56. The lowest BCUT2D eigenvalue weighted by molar-refractivity contribution is 0.105. The molecule has 0 aromatic carbocycles. The molecule has 0 aromatic rings. The Bertz CT molecular complexity index is 347. The fourth-order valence-electron chi connectivity index (χ4n) is 2.42. The lowest BCUT2D eigenvalue weighted by Crippen LogP contribution is -2.56. The van der Waals surface area contributed by atoms with E-state index in [-0.39, 0.29) is 5.75 Å². The number of hydrogen-bond acceptors (Lipinski definition) is 4. The predicted molar refractivity (Wildman–Crippen MR) is 79.8 cm³/mol. The number of sulfonamides is 1. The van der Waals surface area contributed by atoms with Gasteiger partial charge in [-0.05, 0) is 46.8 Å². The summed E-state index contributed by atoms with van der Waals surface area (Å²) in [5.41, 5.74) is 0. The van der Waals surface area contributed by atoms with E-state index in [1.54, 1.807) is 4.31 Å². The molecule has 1 aliphatic rings. The Hall–Kier alpha value is -0.170. The van der Waals surface area contributed by atoms with Gasteiger partial charge in [0.1, 0.15) is 0 Å². The van der Waals surface area contributed by atoms with Crippen LogP contribution in [0.25, 0.3) is 0 Å². The van der Waals surface area contributed by atoms with Crippen LogP contribution in [0.4, 0.5) is 0 Å². The van der Waals surface area contributed by atoms with E-state index in [0.29, 0.717) is 25.2 Å². The van der Waals surface area contributed by atoms with Crippen molar-refractivity contribution in [2.75, 3.05) is 39.0 Å². The second-order valence-corrected chi connectivity index (χ2v) is 7.65. The normalized spacial score (nSPS) is 26.7. The van der Waals surface area contributed by atoms with E-state index in [4.69, 9.17) is 0 Å². The van der Waals surface area contributed by atoms with Crippen molar-refractivity contribution in [2.45, 2.75) is 45.7 Å². The van der Waals surface area contributed by atoms with Crippen molar-refractivity contribution >= 4 is 10.0 Å². The van der Waals surface area contributed by atoms with Gasteiger partial charge in [0.25, 0.3) is 0 Å². The number of unbranched alkanes of at least 4 members (excludes halogenated alkanes) is 1. The summed E-state index contributed by atoms with van der Waals surface area (Å²) in [5, 5.41) is 3.22. The van der Waals surface area contributed by atoms with Gasteiger partial charge in [-0.3, -0.25) is 4.90 Å². The molecule has 1 N–H and O–H groups in total. The van der Waals surface area contributed by atoms with Gasteiger partial charge in [-0.25, -0.2) is 8.42 Å². The van der Waals surface area contributed by atoms with Crippen LogP contribution in [0.1, 0.15) is 33.6 Å². The molecule has 0 amide bonds. The highest BCUT2D eigenvalue weighted by atomic mass is 32.2. The third-order valence-corrected chi connectivity index (χ3v) is 5.86. The summed E-state index contributed by atoms with van der Waals surface area (Å²) in [6, 6.07) is 0.584. The van der Waals surface area contributed by atoms with Crippen LogP contribution >= 0.6 is 0 Å². The molecular weight excluding hydrogens is 262 g/mol. The number of likely N-dealkylation sites (N-methyl/N-ethyl adjacent to an activating group) is 1. The zero-order valence-corrected chi connectivity index (χ0v) is 13.5. The van der Waals surface area contributed by atoms with Crippen molar-refractivity contribution in [1.29, 1.82) is 0 Å². The summed E-state index contributed by atoms with van der Waals surface area (Å²) in [4.78, 5) is 2.25. The fourth-order valence-corrected chi connectivity index (χ4v) is 4.14. The minimum atomic E-state index is -3.08. The van der Waals surface area contributed by atoms with Crippen molar-refractivity contribution < 1.29 is 8.42 Å². The molecule has 1 saturated heterocycles. The van der Waals surface area contributed by atoms with E-state index in [0.717, 1.165) is 25.9 Å². The van der Waals surface area contributed by atoms with E-state index in [1.807, 2.05) is 0 Å². The van der Waals surface area contributed by atoms with Crippen LogP contribution in [-0.4, -0.2) is 68.7 Å². The first-order valence-corrected chi connectivity index (χ1v) is 8.90. The zero-order valence-electron chi connectivity index (χ0n) is 12.7. The first-order valence-electron chi connectivity index (χ1n) is 7.29. The highest BCUT2D eigenvalue weighted by Gasteiger charge is 2.32. The number of nitrogens with zero attached hydrogens (tertiary/aromatic N) is 2. The fraction of sp³-hybridized carbons (Fsp3) is 1.00. The van der Waals surface area contributed by atoms with E-state index < -0.39 is 10.0 Å².